The Bertz CT molecular complexity index is 742. The molecule has 1 aliphatic heterocycles. The van der Waals surface area contributed by atoms with Crippen LogP contribution in [0.15, 0.2) is 42.6 Å². The number of unbranched alkanes of at least 4 members (excludes halogenated alkanes) is 1. The van der Waals surface area contributed by atoms with Crippen LogP contribution >= 0.6 is 0 Å². The van der Waals surface area contributed by atoms with Crippen LogP contribution in [0.2, 0.25) is 0 Å². The highest BCUT2D eigenvalue weighted by Gasteiger charge is 2.58. The predicted octanol–water partition coefficient (Wildman–Crippen LogP) is 6.18. The summed E-state index contributed by atoms with van der Waals surface area (Å²) in [5.41, 5.74) is 6.17. The monoisotopic (exact) mass is 336 g/mol. The molecule has 0 spiro atoms. The summed E-state index contributed by atoms with van der Waals surface area (Å²) in [6.07, 6.45) is 9.57. The van der Waals surface area contributed by atoms with Crippen LogP contribution in [0.25, 0.3) is 11.3 Å². The Hall–Kier alpha value is -1.63. The molecule has 1 aromatic carbocycles. The van der Waals surface area contributed by atoms with Crippen molar-refractivity contribution in [3.63, 3.8) is 0 Å². The number of aryl methyl sites for hydroxylation is 1. The van der Waals surface area contributed by atoms with E-state index in [-0.39, 0.29) is 11.0 Å². The topological polar surface area (TPSA) is 3.88 Å². The molecule has 1 aliphatic rings. The third kappa shape index (κ3) is 2.55. The summed E-state index contributed by atoms with van der Waals surface area (Å²) in [5.74, 6) is 0. The zero-order valence-corrected chi connectivity index (χ0v) is 16.7. The molecule has 0 radical (unpaired) electrons. The van der Waals surface area contributed by atoms with E-state index in [2.05, 4.69) is 81.8 Å². The minimum absolute atomic E-state index is 0.148. The Morgan fingerprint density at radius 3 is 2.28 bits per heavy atom. The van der Waals surface area contributed by atoms with Gasteiger partial charge in [0.25, 0.3) is 0 Å². The van der Waals surface area contributed by atoms with Crippen molar-refractivity contribution in [2.24, 2.45) is 0 Å². The van der Waals surface area contributed by atoms with E-state index in [0.717, 1.165) is 19.3 Å². The quantitative estimate of drug-likeness (QED) is 0.555. The molecule has 1 aromatic heterocycles. The Morgan fingerprint density at radius 1 is 0.920 bits per heavy atom. The van der Waals surface area contributed by atoms with Crippen LogP contribution in [0.5, 0.6) is 0 Å². The molecule has 0 saturated carbocycles. The van der Waals surface area contributed by atoms with Gasteiger partial charge in [-0.2, -0.15) is 4.57 Å². The van der Waals surface area contributed by atoms with Crippen molar-refractivity contribution in [1.82, 2.24) is 0 Å². The summed E-state index contributed by atoms with van der Waals surface area (Å²) in [4.78, 5) is 0. The van der Waals surface area contributed by atoms with Crippen LogP contribution in [0.3, 0.4) is 0 Å². The van der Waals surface area contributed by atoms with Gasteiger partial charge in [0.1, 0.15) is 0 Å². The lowest BCUT2D eigenvalue weighted by molar-refractivity contribution is -0.769. The van der Waals surface area contributed by atoms with Gasteiger partial charge in [-0.05, 0) is 43.4 Å². The molecule has 1 unspecified atom stereocenters. The lowest BCUT2D eigenvalue weighted by atomic mass is 9.59. The van der Waals surface area contributed by atoms with Crippen LogP contribution in [-0.4, -0.2) is 0 Å². The molecule has 1 atom stereocenters. The van der Waals surface area contributed by atoms with E-state index in [1.165, 1.54) is 41.6 Å². The first-order valence-corrected chi connectivity index (χ1v) is 10.2. The second-order valence-corrected chi connectivity index (χ2v) is 7.86. The van der Waals surface area contributed by atoms with Gasteiger partial charge >= 0.3 is 0 Å². The lowest BCUT2D eigenvalue weighted by Gasteiger charge is -2.47. The minimum Gasteiger partial charge on any atom is -0.192 e. The molecule has 0 bridgehead atoms. The van der Waals surface area contributed by atoms with Gasteiger partial charge in [-0.3, -0.25) is 0 Å². The van der Waals surface area contributed by atoms with Crippen LogP contribution in [0.4, 0.5) is 0 Å². The summed E-state index contributed by atoms with van der Waals surface area (Å²) in [7, 11) is 0. The van der Waals surface area contributed by atoms with E-state index >= 15 is 0 Å². The molecule has 2 aromatic rings. The summed E-state index contributed by atoms with van der Waals surface area (Å²) in [5, 5.41) is 0. The second kappa shape index (κ2) is 6.94. The van der Waals surface area contributed by atoms with Crippen LogP contribution in [0.1, 0.15) is 77.8 Å². The molecular formula is C24H34N+. The van der Waals surface area contributed by atoms with Gasteiger partial charge in [-0.1, -0.05) is 52.3 Å². The number of pyridine rings is 1. The second-order valence-electron chi connectivity index (χ2n) is 7.86. The third-order valence-electron chi connectivity index (χ3n) is 7.00. The zero-order valence-electron chi connectivity index (χ0n) is 16.7. The summed E-state index contributed by atoms with van der Waals surface area (Å²) >= 11 is 0. The lowest BCUT2D eigenvalue weighted by Crippen LogP contribution is -2.68. The van der Waals surface area contributed by atoms with E-state index in [9.17, 15) is 0 Å². The Morgan fingerprint density at radius 2 is 1.64 bits per heavy atom. The van der Waals surface area contributed by atoms with E-state index in [0.29, 0.717) is 0 Å². The number of benzene rings is 1. The number of rotatable bonds is 6. The molecule has 0 fully saturated rings. The standard InChI is InChI=1S/C24H34N/c1-6-10-13-19-16-17-25-22(18-19)20-14-11-12-15-21(20)23(5,7-2)24(25,8-3)9-4/h11-12,14-18H,6-10,13H2,1-5H3/q+1. The van der Waals surface area contributed by atoms with E-state index in [1.54, 1.807) is 0 Å². The summed E-state index contributed by atoms with van der Waals surface area (Å²) < 4.78 is 2.62. The van der Waals surface area contributed by atoms with E-state index in [1.807, 2.05) is 0 Å². The first-order chi connectivity index (χ1) is 12.1. The van der Waals surface area contributed by atoms with Crippen molar-refractivity contribution in [3.8, 4) is 11.3 Å². The molecule has 134 valence electrons. The number of hydrogen-bond donors (Lipinski definition) is 0. The Balaban J connectivity index is 2.29. The number of fused-ring (bicyclic) bond motifs is 3. The van der Waals surface area contributed by atoms with Gasteiger partial charge in [0.2, 0.25) is 5.69 Å². The van der Waals surface area contributed by atoms with E-state index in [4.69, 9.17) is 0 Å². The molecule has 2 heterocycles. The van der Waals surface area contributed by atoms with Gasteiger partial charge in [0.05, 0.1) is 11.0 Å². The molecule has 0 amide bonds. The highest BCUT2D eigenvalue weighted by Crippen LogP contribution is 2.50. The van der Waals surface area contributed by atoms with Gasteiger partial charge in [0, 0.05) is 25.0 Å². The van der Waals surface area contributed by atoms with Gasteiger partial charge in [0.15, 0.2) is 11.7 Å². The third-order valence-corrected chi connectivity index (χ3v) is 7.00. The predicted molar refractivity (Wildman–Crippen MR) is 107 cm³/mol. The average Bonchev–Trinajstić information content (AvgIpc) is 2.67. The number of aromatic nitrogens is 1. The van der Waals surface area contributed by atoms with Crippen molar-refractivity contribution in [2.45, 2.75) is 84.1 Å². The summed E-state index contributed by atoms with van der Waals surface area (Å²) in [6, 6.07) is 13.9. The summed E-state index contributed by atoms with van der Waals surface area (Å²) in [6.45, 7) is 11.9. The largest absolute Gasteiger partial charge is 0.213 e. The van der Waals surface area contributed by atoms with Crippen LogP contribution < -0.4 is 4.57 Å². The van der Waals surface area contributed by atoms with Crippen LogP contribution in [-0.2, 0) is 17.4 Å². The molecule has 1 heteroatoms. The molecule has 1 nitrogen and oxygen atoms in total. The first-order valence-electron chi connectivity index (χ1n) is 10.2. The molecular weight excluding hydrogens is 302 g/mol. The Labute approximate surface area is 154 Å². The minimum atomic E-state index is 0.148. The Kier molecular flexibility index (Phi) is 5.04. The molecule has 3 rings (SSSR count). The molecule has 0 saturated heterocycles. The fourth-order valence-corrected chi connectivity index (χ4v) is 5.26. The van der Waals surface area contributed by atoms with Gasteiger partial charge in [-0.15, -0.1) is 0 Å². The zero-order chi connectivity index (χ0) is 18.1. The maximum atomic E-state index is 2.62. The SMILES string of the molecule is CCCCc1cc[n+]2c(c1)-c1ccccc1C(C)(CC)C2(CC)CC. The van der Waals surface area contributed by atoms with Crippen LogP contribution in [0, 0.1) is 0 Å². The fourth-order valence-electron chi connectivity index (χ4n) is 5.26. The highest BCUT2D eigenvalue weighted by atomic mass is 15.1. The fraction of sp³-hybridized carbons (Fsp3) is 0.542. The maximum absolute atomic E-state index is 2.62. The first kappa shape index (κ1) is 18.2. The van der Waals surface area contributed by atoms with Crippen molar-refractivity contribution in [3.05, 3.63) is 53.7 Å². The van der Waals surface area contributed by atoms with Crippen molar-refractivity contribution >= 4 is 0 Å². The number of hydrogen-bond acceptors (Lipinski definition) is 0. The van der Waals surface area contributed by atoms with Crippen molar-refractivity contribution in [1.29, 1.82) is 0 Å². The van der Waals surface area contributed by atoms with Crippen molar-refractivity contribution in [2.75, 3.05) is 0 Å². The molecule has 0 N–H and O–H groups in total. The molecule has 0 aliphatic carbocycles. The molecule has 25 heavy (non-hydrogen) atoms. The van der Waals surface area contributed by atoms with Gasteiger partial charge in [-0.25, -0.2) is 0 Å². The highest BCUT2D eigenvalue weighted by molar-refractivity contribution is 5.65. The van der Waals surface area contributed by atoms with Gasteiger partial charge < -0.3 is 0 Å². The average molecular weight is 337 g/mol. The smallest absolute Gasteiger partial charge is 0.192 e. The normalized spacial score (nSPS) is 20.8. The van der Waals surface area contributed by atoms with Crippen molar-refractivity contribution < 1.29 is 4.57 Å². The van der Waals surface area contributed by atoms with E-state index < -0.39 is 0 Å². The maximum Gasteiger partial charge on any atom is 0.213 e. The number of nitrogens with zero attached hydrogens (tertiary/aromatic N) is 1.